The maximum absolute atomic E-state index is 12.4. The van der Waals surface area contributed by atoms with Crippen molar-refractivity contribution >= 4 is 11.8 Å². The number of pyridine rings is 1. The van der Waals surface area contributed by atoms with Crippen molar-refractivity contribution in [2.75, 3.05) is 31.1 Å². The third kappa shape index (κ3) is 3.75. The minimum atomic E-state index is -0.0197. The van der Waals surface area contributed by atoms with Gasteiger partial charge in [0.2, 0.25) is 0 Å². The van der Waals surface area contributed by atoms with Crippen molar-refractivity contribution in [2.45, 2.75) is 44.7 Å². The van der Waals surface area contributed by atoms with Crippen LogP contribution in [0.2, 0.25) is 0 Å². The summed E-state index contributed by atoms with van der Waals surface area (Å²) in [5, 5.41) is 12.5. The molecule has 1 aromatic rings. The lowest BCUT2D eigenvalue weighted by Gasteiger charge is -2.34. The van der Waals surface area contributed by atoms with Crippen molar-refractivity contribution < 1.29 is 9.90 Å². The molecule has 6 nitrogen and oxygen atoms in total. The van der Waals surface area contributed by atoms with E-state index in [9.17, 15) is 9.90 Å². The Balaban J connectivity index is 1.50. The van der Waals surface area contributed by atoms with Crippen molar-refractivity contribution in [3.8, 4) is 0 Å². The summed E-state index contributed by atoms with van der Waals surface area (Å²) >= 11 is 0. The first-order valence-electron chi connectivity index (χ1n) is 8.54. The summed E-state index contributed by atoms with van der Waals surface area (Å²) in [4.78, 5) is 21.0. The Labute approximate surface area is 137 Å². The van der Waals surface area contributed by atoms with Crippen LogP contribution in [0.3, 0.4) is 0 Å². The minimum absolute atomic E-state index is 0.00779. The largest absolute Gasteiger partial charge is 0.394 e. The quantitative estimate of drug-likeness (QED) is 0.887. The van der Waals surface area contributed by atoms with E-state index in [0.717, 1.165) is 56.8 Å². The van der Waals surface area contributed by atoms with Gasteiger partial charge in [-0.2, -0.15) is 0 Å². The molecule has 0 aromatic carbocycles. The number of hydrogen-bond acceptors (Lipinski definition) is 4. The van der Waals surface area contributed by atoms with Crippen molar-refractivity contribution in [2.24, 2.45) is 0 Å². The number of aryl methyl sites for hydroxylation is 1. The normalized spacial score (nSPS) is 22.4. The number of likely N-dealkylation sites (tertiary alicyclic amines) is 1. The molecule has 2 fully saturated rings. The maximum atomic E-state index is 12.4. The van der Waals surface area contributed by atoms with Gasteiger partial charge < -0.3 is 20.2 Å². The molecule has 23 heavy (non-hydrogen) atoms. The van der Waals surface area contributed by atoms with E-state index in [1.807, 2.05) is 25.1 Å². The number of rotatable bonds is 3. The number of aromatic nitrogens is 1. The molecule has 0 unspecified atom stereocenters. The standard InChI is InChI=1S/C17H26N4O2/c1-13-4-2-6-16(18-13)20-10-7-14(8-11-20)19-17(23)21-9-3-5-15(21)12-22/h2,4,6,14-15,22H,3,5,7-12H2,1H3,(H,19,23)/t15-/m0/s1. The first-order chi connectivity index (χ1) is 11.2. The van der Waals surface area contributed by atoms with Crippen LogP contribution in [0, 0.1) is 6.92 Å². The molecule has 6 heteroatoms. The second-order valence-electron chi connectivity index (χ2n) is 6.52. The lowest BCUT2D eigenvalue weighted by atomic mass is 10.1. The molecule has 126 valence electrons. The Morgan fingerprint density at radius 1 is 1.30 bits per heavy atom. The van der Waals surface area contributed by atoms with Gasteiger partial charge in [-0.25, -0.2) is 9.78 Å². The number of nitrogens with zero attached hydrogens (tertiary/aromatic N) is 3. The fourth-order valence-corrected chi connectivity index (χ4v) is 3.51. The summed E-state index contributed by atoms with van der Waals surface area (Å²) in [5.74, 6) is 1.02. The maximum Gasteiger partial charge on any atom is 0.317 e. The predicted octanol–water partition coefficient (Wildman–Crippen LogP) is 1.53. The molecule has 0 spiro atoms. The molecule has 1 aromatic heterocycles. The van der Waals surface area contributed by atoms with Crippen LogP contribution in [0.1, 0.15) is 31.4 Å². The smallest absolute Gasteiger partial charge is 0.317 e. The number of aliphatic hydroxyl groups excluding tert-OH is 1. The number of carbonyl (C=O) groups excluding carboxylic acids is 1. The molecule has 3 heterocycles. The van der Waals surface area contributed by atoms with E-state index in [0.29, 0.717) is 0 Å². The zero-order valence-electron chi connectivity index (χ0n) is 13.7. The predicted molar refractivity (Wildman–Crippen MR) is 89.6 cm³/mol. The molecule has 0 radical (unpaired) electrons. The molecule has 0 aliphatic carbocycles. The zero-order chi connectivity index (χ0) is 16.2. The second-order valence-corrected chi connectivity index (χ2v) is 6.52. The van der Waals surface area contributed by atoms with Gasteiger partial charge in [-0.05, 0) is 44.7 Å². The Bertz CT molecular complexity index is 543. The van der Waals surface area contributed by atoms with E-state index in [1.54, 1.807) is 4.90 Å². The minimum Gasteiger partial charge on any atom is -0.394 e. The molecule has 3 rings (SSSR count). The number of anilines is 1. The molecular weight excluding hydrogens is 292 g/mol. The summed E-state index contributed by atoms with van der Waals surface area (Å²) < 4.78 is 0. The van der Waals surface area contributed by atoms with Gasteiger partial charge in [0, 0.05) is 31.4 Å². The summed E-state index contributed by atoms with van der Waals surface area (Å²) in [6, 6.07) is 6.27. The van der Waals surface area contributed by atoms with Crippen molar-refractivity contribution in [1.82, 2.24) is 15.2 Å². The lowest BCUT2D eigenvalue weighted by Crippen LogP contribution is -2.51. The number of piperidine rings is 1. The molecule has 2 amide bonds. The van der Waals surface area contributed by atoms with Gasteiger partial charge in [-0.15, -0.1) is 0 Å². The van der Waals surface area contributed by atoms with Crippen LogP contribution in [0.5, 0.6) is 0 Å². The lowest BCUT2D eigenvalue weighted by molar-refractivity contribution is 0.153. The van der Waals surface area contributed by atoms with Crippen LogP contribution in [0.25, 0.3) is 0 Å². The van der Waals surface area contributed by atoms with E-state index < -0.39 is 0 Å². The monoisotopic (exact) mass is 318 g/mol. The SMILES string of the molecule is Cc1cccc(N2CCC(NC(=O)N3CCC[C@H]3CO)CC2)n1. The van der Waals surface area contributed by atoms with Crippen LogP contribution < -0.4 is 10.2 Å². The molecule has 2 N–H and O–H groups in total. The fourth-order valence-electron chi connectivity index (χ4n) is 3.51. The number of urea groups is 1. The first-order valence-corrected chi connectivity index (χ1v) is 8.54. The van der Waals surface area contributed by atoms with E-state index in [1.165, 1.54) is 0 Å². The summed E-state index contributed by atoms with van der Waals surface area (Å²) in [6.45, 7) is 4.63. The van der Waals surface area contributed by atoms with E-state index in [-0.39, 0.29) is 24.7 Å². The van der Waals surface area contributed by atoms with E-state index in [4.69, 9.17) is 0 Å². The number of hydrogen-bond donors (Lipinski definition) is 2. The van der Waals surface area contributed by atoms with E-state index >= 15 is 0 Å². The van der Waals surface area contributed by atoms with Gasteiger partial charge in [0.05, 0.1) is 12.6 Å². The summed E-state index contributed by atoms with van der Waals surface area (Å²) in [6.07, 6.45) is 3.75. The molecule has 0 bridgehead atoms. The van der Waals surface area contributed by atoms with Gasteiger partial charge in [0.25, 0.3) is 0 Å². The first kappa shape index (κ1) is 16.1. The number of carbonyl (C=O) groups is 1. The summed E-state index contributed by atoms with van der Waals surface area (Å²) in [5.41, 5.74) is 1.03. The number of nitrogens with one attached hydrogen (secondary N) is 1. The zero-order valence-corrected chi connectivity index (χ0v) is 13.7. The van der Waals surface area contributed by atoms with Crippen molar-refractivity contribution in [3.05, 3.63) is 23.9 Å². The molecule has 0 saturated carbocycles. The third-order valence-corrected chi connectivity index (χ3v) is 4.87. The topological polar surface area (TPSA) is 68.7 Å². The van der Waals surface area contributed by atoms with Gasteiger partial charge in [-0.1, -0.05) is 6.07 Å². The van der Waals surface area contributed by atoms with Gasteiger partial charge in [0.15, 0.2) is 0 Å². The van der Waals surface area contributed by atoms with Crippen LogP contribution in [-0.4, -0.2) is 59.3 Å². The molecule has 1 atom stereocenters. The molecule has 2 aliphatic heterocycles. The van der Waals surface area contributed by atoms with Crippen LogP contribution in [-0.2, 0) is 0 Å². The molecule has 2 aliphatic rings. The highest BCUT2D eigenvalue weighted by Gasteiger charge is 2.30. The number of aliphatic hydroxyl groups is 1. The molecule has 2 saturated heterocycles. The highest BCUT2D eigenvalue weighted by atomic mass is 16.3. The Hall–Kier alpha value is -1.82. The van der Waals surface area contributed by atoms with Crippen molar-refractivity contribution in [3.63, 3.8) is 0 Å². The number of amides is 2. The van der Waals surface area contributed by atoms with E-state index in [2.05, 4.69) is 15.2 Å². The average Bonchev–Trinajstić information content (AvgIpc) is 3.04. The fraction of sp³-hybridized carbons (Fsp3) is 0.647. The Kier molecular flexibility index (Phi) is 5.00. The highest BCUT2D eigenvalue weighted by Crippen LogP contribution is 2.20. The van der Waals surface area contributed by atoms with Gasteiger partial charge >= 0.3 is 6.03 Å². The van der Waals surface area contributed by atoms with Crippen LogP contribution in [0.4, 0.5) is 10.6 Å². The Morgan fingerprint density at radius 3 is 2.78 bits per heavy atom. The Morgan fingerprint density at radius 2 is 2.09 bits per heavy atom. The van der Waals surface area contributed by atoms with Gasteiger partial charge in [0.1, 0.15) is 5.82 Å². The van der Waals surface area contributed by atoms with Crippen LogP contribution in [0.15, 0.2) is 18.2 Å². The third-order valence-electron chi connectivity index (χ3n) is 4.87. The highest BCUT2D eigenvalue weighted by molar-refractivity contribution is 5.75. The van der Waals surface area contributed by atoms with Crippen molar-refractivity contribution in [1.29, 1.82) is 0 Å². The van der Waals surface area contributed by atoms with Crippen LogP contribution >= 0.6 is 0 Å². The summed E-state index contributed by atoms with van der Waals surface area (Å²) in [7, 11) is 0. The van der Waals surface area contributed by atoms with Gasteiger partial charge in [-0.3, -0.25) is 0 Å². The molecular formula is C17H26N4O2. The second kappa shape index (κ2) is 7.17. The average molecular weight is 318 g/mol.